The largest absolute Gasteiger partial charge is 0.419 e. The van der Waals surface area contributed by atoms with Crippen LogP contribution in [-0.2, 0) is 21.4 Å². The van der Waals surface area contributed by atoms with Crippen molar-refractivity contribution in [3.63, 3.8) is 0 Å². The zero-order chi connectivity index (χ0) is 24.9. The van der Waals surface area contributed by atoms with Crippen LogP contribution < -0.4 is 11.1 Å². The smallest absolute Gasteiger partial charge is 0.408 e. The highest BCUT2D eigenvalue weighted by Gasteiger charge is 2.21. The average Bonchev–Trinajstić information content (AvgIpc) is 3.11. The second kappa shape index (κ2) is 10.8. The summed E-state index contributed by atoms with van der Waals surface area (Å²) in [6.45, 7) is 5.53. The molecule has 3 aromatic rings. The summed E-state index contributed by atoms with van der Waals surface area (Å²) in [6, 6.07) is 11.4. The van der Waals surface area contributed by atoms with Crippen molar-refractivity contribution >= 4 is 38.8 Å². The van der Waals surface area contributed by atoms with E-state index in [1.165, 1.54) is 27.1 Å². The summed E-state index contributed by atoms with van der Waals surface area (Å²) >= 11 is 0. The number of anilines is 1. The fraction of sp³-hybridized carbons (Fsp3) is 0.333. The van der Waals surface area contributed by atoms with Crippen LogP contribution in [0.1, 0.15) is 19.4 Å². The lowest BCUT2D eigenvalue weighted by molar-refractivity contribution is -0.111. The Hall–Kier alpha value is -3.21. The van der Waals surface area contributed by atoms with Crippen LogP contribution in [0.4, 0.5) is 5.69 Å². The third-order valence-electron chi connectivity index (χ3n) is 5.36. The summed E-state index contributed by atoms with van der Waals surface area (Å²) in [5.74, 6) is -0.795. The molecule has 1 N–H and O–H groups in total. The molecule has 0 atom stereocenters. The van der Waals surface area contributed by atoms with Gasteiger partial charge in [-0.3, -0.25) is 9.36 Å². The van der Waals surface area contributed by atoms with Crippen LogP contribution >= 0.6 is 0 Å². The zero-order valence-electron chi connectivity index (χ0n) is 19.8. The number of nitrogens with one attached hydrogen (secondary N) is 1. The van der Waals surface area contributed by atoms with Crippen LogP contribution in [0.3, 0.4) is 0 Å². The molecule has 2 aromatic carbocycles. The lowest BCUT2D eigenvalue weighted by atomic mass is 10.2. The van der Waals surface area contributed by atoms with E-state index in [4.69, 9.17) is 4.42 Å². The van der Waals surface area contributed by atoms with Crippen molar-refractivity contribution in [2.45, 2.75) is 25.3 Å². The van der Waals surface area contributed by atoms with Gasteiger partial charge in [0.15, 0.2) is 5.58 Å². The van der Waals surface area contributed by atoms with Gasteiger partial charge in [-0.25, -0.2) is 13.2 Å². The molecule has 0 aliphatic heterocycles. The third kappa shape index (κ3) is 5.82. The van der Waals surface area contributed by atoms with Crippen LogP contribution in [-0.4, -0.2) is 61.8 Å². The molecule has 0 saturated carbocycles. The standard InChI is InChI=1S/C24H30N4O5S/c1-5-27(6-2)34(31,32)20-11-7-18(8-12-20)9-14-23(29)25-19-10-13-22-21(17-19)28(24(30)33-22)16-15-26(3)4/h7-14,17H,5-6,15-16H2,1-4H3,(H,25,29)/b14-9+. The van der Waals surface area contributed by atoms with Gasteiger partial charge in [0.1, 0.15) is 0 Å². The first-order valence-corrected chi connectivity index (χ1v) is 12.5. The summed E-state index contributed by atoms with van der Waals surface area (Å²) in [5.41, 5.74) is 2.29. The van der Waals surface area contributed by atoms with Crippen molar-refractivity contribution in [1.82, 2.24) is 13.8 Å². The Morgan fingerprint density at radius 2 is 1.76 bits per heavy atom. The second-order valence-electron chi connectivity index (χ2n) is 7.99. The van der Waals surface area contributed by atoms with E-state index >= 15 is 0 Å². The van der Waals surface area contributed by atoms with E-state index in [1.54, 1.807) is 50.3 Å². The summed E-state index contributed by atoms with van der Waals surface area (Å²) < 4.78 is 33.4. The number of oxazole rings is 1. The van der Waals surface area contributed by atoms with Gasteiger partial charge in [0.2, 0.25) is 15.9 Å². The molecule has 1 heterocycles. The summed E-state index contributed by atoms with van der Waals surface area (Å²) in [7, 11) is 0.315. The van der Waals surface area contributed by atoms with Crippen LogP contribution in [0, 0.1) is 0 Å². The fourth-order valence-corrected chi connectivity index (χ4v) is 4.93. The molecule has 0 unspecified atom stereocenters. The molecular formula is C24H30N4O5S. The zero-order valence-corrected chi connectivity index (χ0v) is 20.6. The Kier molecular flexibility index (Phi) is 8.08. The quantitative estimate of drug-likeness (QED) is 0.442. The minimum atomic E-state index is -3.52. The van der Waals surface area contributed by atoms with E-state index in [-0.39, 0.29) is 10.8 Å². The lowest BCUT2D eigenvalue weighted by Crippen LogP contribution is -2.30. The molecule has 3 rings (SSSR count). The average molecular weight is 487 g/mol. The van der Waals surface area contributed by atoms with Crippen LogP contribution in [0.15, 0.2) is 62.6 Å². The topological polar surface area (TPSA) is 105 Å². The first kappa shape index (κ1) is 25.4. The maximum atomic E-state index is 12.6. The van der Waals surface area contributed by atoms with Crippen molar-refractivity contribution in [3.05, 3.63) is 64.7 Å². The summed E-state index contributed by atoms with van der Waals surface area (Å²) in [6.07, 6.45) is 2.97. The Labute approximate surface area is 199 Å². The van der Waals surface area contributed by atoms with Gasteiger partial charge in [0.05, 0.1) is 10.4 Å². The summed E-state index contributed by atoms with van der Waals surface area (Å²) in [4.78, 5) is 26.7. The van der Waals surface area contributed by atoms with E-state index in [2.05, 4.69) is 5.32 Å². The van der Waals surface area contributed by atoms with Crippen molar-refractivity contribution in [3.8, 4) is 0 Å². The first-order valence-electron chi connectivity index (χ1n) is 11.0. The maximum absolute atomic E-state index is 12.6. The molecule has 182 valence electrons. The molecule has 34 heavy (non-hydrogen) atoms. The first-order chi connectivity index (χ1) is 16.1. The maximum Gasteiger partial charge on any atom is 0.419 e. The second-order valence-corrected chi connectivity index (χ2v) is 9.92. The molecule has 0 saturated heterocycles. The number of hydrogen-bond donors (Lipinski definition) is 1. The molecule has 0 aliphatic rings. The number of benzene rings is 2. The number of carbonyl (C=O) groups is 1. The van der Waals surface area contributed by atoms with Gasteiger partial charge in [-0.15, -0.1) is 0 Å². The molecule has 9 nitrogen and oxygen atoms in total. The molecule has 10 heteroatoms. The minimum Gasteiger partial charge on any atom is -0.408 e. The summed E-state index contributed by atoms with van der Waals surface area (Å²) in [5, 5.41) is 2.78. The highest BCUT2D eigenvalue weighted by molar-refractivity contribution is 7.89. The van der Waals surface area contributed by atoms with E-state index in [0.717, 1.165) is 0 Å². The molecule has 1 aromatic heterocycles. The molecule has 0 aliphatic carbocycles. The number of nitrogens with zero attached hydrogens (tertiary/aromatic N) is 3. The van der Waals surface area contributed by atoms with Crippen LogP contribution in [0.25, 0.3) is 17.2 Å². The van der Waals surface area contributed by atoms with E-state index in [1.807, 2.05) is 19.0 Å². The van der Waals surface area contributed by atoms with Crippen LogP contribution in [0.5, 0.6) is 0 Å². The SMILES string of the molecule is CCN(CC)S(=O)(=O)c1ccc(/C=C/C(=O)Nc2ccc3oc(=O)n(CCN(C)C)c3c2)cc1. The third-order valence-corrected chi connectivity index (χ3v) is 7.42. The number of sulfonamides is 1. The molecular weight excluding hydrogens is 456 g/mol. The van der Waals surface area contributed by atoms with E-state index < -0.39 is 15.8 Å². The number of carbonyl (C=O) groups excluding carboxylic acids is 1. The highest BCUT2D eigenvalue weighted by Crippen LogP contribution is 2.19. The monoisotopic (exact) mass is 486 g/mol. The number of rotatable bonds is 10. The number of likely N-dealkylation sites (N-methyl/N-ethyl adjacent to an activating group) is 1. The Balaban J connectivity index is 1.71. The normalized spacial score (nSPS) is 12.3. The van der Waals surface area contributed by atoms with Crippen molar-refractivity contribution < 1.29 is 17.6 Å². The predicted molar refractivity (Wildman–Crippen MR) is 133 cm³/mol. The fourth-order valence-electron chi connectivity index (χ4n) is 3.47. The van der Waals surface area contributed by atoms with E-state index in [9.17, 15) is 18.0 Å². The lowest BCUT2D eigenvalue weighted by Gasteiger charge is -2.18. The van der Waals surface area contributed by atoms with Gasteiger partial charge in [-0.1, -0.05) is 26.0 Å². The van der Waals surface area contributed by atoms with Crippen LogP contribution in [0.2, 0.25) is 0 Å². The predicted octanol–water partition coefficient (Wildman–Crippen LogP) is 2.84. The Morgan fingerprint density at radius 3 is 2.38 bits per heavy atom. The van der Waals surface area contributed by atoms with Gasteiger partial charge in [-0.2, -0.15) is 4.31 Å². The van der Waals surface area contributed by atoms with Gasteiger partial charge >= 0.3 is 5.76 Å². The Bertz CT molecular complexity index is 1330. The van der Waals surface area contributed by atoms with E-state index in [0.29, 0.717) is 48.5 Å². The van der Waals surface area contributed by atoms with Crippen molar-refractivity contribution in [2.75, 3.05) is 39.0 Å². The van der Waals surface area contributed by atoms with Gasteiger partial charge in [-0.05, 0) is 56.1 Å². The molecule has 0 fully saturated rings. The highest BCUT2D eigenvalue weighted by atomic mass is 32.2. The molecule has 0 bridgehead atoms. The molecule has 0 spiro atoms. The van der Waals surface area contributed by atoms with Crippen molar-refractivity contribution in [2.24, 2.45) is 0 Å². The van der Waals surface area contributed by atoms with Gasteiger partial charge in [0, 0.05) is 37.9 Å². The number of aromatic nitrogens is 1. The van der Waals surface area contributed by atoms with Crippen molar-refractivity contribution in [1.29, 1.82) is 0 Å². The minimum absolute atomic E-state index is 0.214. The van der Waals surface area contributed by atoms with Gasteiger partial charge in [0.25, 0.3) is 0 Å². The molecule has 0 radical (unpaired) electrons. The number of hydrogen-bond acceptors (Lipinski definition) is 6. The molecule has 1 amide bonds. The van der Waals surface area contributed by atoms with Gasteiger partial charge < -0.3 is 14.6 Å². The number of amides is 1. The number of fused-ring (bicyclic) bond motifs is 1. The Morgan fingerprint density at radius 1 is 1.09 bits per heavy atom.